The van der Waals surface area contributed by atoms with Gasteiger partial charge in [0.1, 0.15) is 11.5 Å². The van der Waals surface area contributed by atoms with E-state index in [0.717, 1.165) is 4.88 Å². The van der Waals surface area contributed by atoms with E-state index in [0.29, 0.717) is 39.2 Å². The van der Waals surface area contributed by atoms with E-state index in [4.69, 9.17) is 4.42 Å². The van der Waals surface area contributed by atoms with Crippen LogP contribution in [0.5, 0.6) is 0 Å². The van der Waals surface area contributed by atoms with E-state index in [1.165, 1.54) is 0 Å². The largest absolute Gasteiger partial charge is 0.466 e. The summed E-state index contributed by atoms with van der Waals surface area (Å²) in [5.74, 6) is 0.287. The number of carbonyl (C=O) groups excluding carboxylic acids is 2. The smallest absolute Gasteiger partial charge is 0.273 e. The van der Waals surface area contributed by atoms with Gasteiger partial charge in [0.25, 0.3) is 11.8 Å². The van der Waals surface area contributed by atoms with E-state index < -0.39 is 11.8 Å². The zero-order valence-corrected chi connectivity index (χ0v) is 16.1. The molecule has 3 aromatic heterocycles. The van der Waals surface area contributed by atoms with E-state index in [2.05, 4.69) is 15.8 Å². The number of amides is 2. The number of furan rings is 1. The minimum Gasteiger partial charge on any atom is -0.466 e. The summed E-state index contributed by atoms with van der Waals surface area (Å²) < 4.78 is 5.36. The monoisotopic (exact) mass is 391 g/mol. The summed E-state index contributed by atoms with van der Waals surface area (Å²) in [6.45, 7) is 3.46. The number of rotatable bonds is 3. The van der Waals surface area contributed by atoms with E-state index in [-0.39, 0.29) is 0 Å². The molecule has 0 aliphatic heterocycles. The van der Waals surface area contributed by atoms with Gasteiger partial charge in [0.15, 0.2) is 0 Å². The van der Waals surface area contributed by atoms with Crippen LogP contribution in [0.1, 0.15) is 32.2 Å². The van der Waals surface area contributed by atoms with Gasteiger partial charge in [0, 0.05) is 5.39 Å². The Kier molecular flexibility index (Phi) is 4.67. The molecule has 28 heavy (non-hydrogen) atoms. The lowest BCUT2D eigenvalue weighted by atomic mass is 10.1. The van der Waals surface area contributed by atoms with Gasteiger partial charge in [0.2, 0.25) is 0 Å². The Balaban J connectivity index is 1.63. The Morgan fingerprint density at radius 3 is 2.39 bits per heavy atom. The number of thiophene rings is 1. The fourth-order valence-corrected chi connectivity index (χ4v) is 3.70. The maximum Gasteiger partial charge on any atom is 0.273 e. The van der Waals surface area contributed by atoms with Crippen LogP contribution in [0.4, 0.5) is 0 Å². The van der Waals surface area contributed by atoms with Crippen LogP contribution in [0, 0.1) is 13.8 Å². The lowest BCUT2D eigenvalue weighted by Gasteiger charge is -2.10. The number of hydrazine groups is 1. The molecule has 3 heterocycles. The molecular formula is C21H17N3O3S. The molecule has 0 saturated heterocycles. The maximum absolute atomic E-state index is 12.8. The third-order valence-electron chi connectivity index (χ3n) is 4.31. The second-order valence-electron chi connectivity index (χ2n) is 6.28. The fraction of sp³-hybridized carbons (Fsp3) is 0.0952. The number of hydrogen-bond donors (Lipinski definition) is 2. The van der Waals surface area contributed by atoms with Gasteiger partial charge in [-0.3, -0.25) is 20.4 Å². The number of aryl methyl sites for hydroxylation is 2. The van der Waals surface area contributed by atoms with Gasteiger partial charge in [-0.2, -0.15) is 0 Å². The van der Waals surface area contributed by atoms with E-state index in [1.807, 2.05) is 41.8 Å². The molecule has 0 unspecified atom stereocenters. The number of aromatic nitrogens is 1. The van der Waals surface area contributed by atoms with E-state index >= 15 is 0 Å². The summed E-state index contributed by atoms with van der Waals surface area (Å²) in [4.78, 5) is 30.8. The number of fused-ring (bicyclic) bond motifs is 1. The molecule has 0 radical (unpaired) electrons. The minimum absolute atomic E-state index is 0.386. The first kappa shape index (κ1) is 17.9. The number of pyridine rings is 1. The summed E-state index contributed by atoms with van der Waals surface area (Å²) in [6.07, 6.45) is 0. The van der Waals surface area contributed by atoms with Crippen LogP contribution < -0.4 is 10.9 Å². The molecule has 0 aliphatic carbocycles. The number of nitrogens with one attached hydrogen (secondary N) is 2. The summed E-state index contributed by atoms with van der Waals surface area (Å²) in [7, 11) is 0. The highest BCUT2D eigenvalue weighted by Gasteiger charge is 2.17. The summed E-state index contributed by atoms with van der Waals surface area (Å²) in [5.41, 5.74) is 7.20. The van der Waals surface area contributed by atoms with Gasteiger partial charge in [-0.1, -0.05) is 24.3 Å². The third-order valence-corrected chi connectivity index (χ3v) is 5.20. The molecule has 0 aliphatic rings. The standard InChI is InChI=1S/C21H17N3O3S/c1-12-10-15(13(2)27-12)20(25)23-24-21(26)16-11-18(19-8-5-9-28-19)22-17-7-4-3-6-14(16)17/h3-11H,1-2H3,(H,23,25)(H,24,26). The Labute approximate surface area is 165 Å². The SMILES string of the molecule is Cc1cc(C(=O)NNC(=O)c2cc(-c3cccs3)nc3ccccc23)c(C)o1. The van der Waals surface area contributed by atoms with Crippen LogP contribution in [-0.4, -0.2) is 16.8 Å². The normalized spacial score (nSPS) is 10.8. The van der Waals surface area contributed by atoms with Gasteiger partial charge >= 0.3 is 0 Å². The first-order valence-corrected chi connectivity index (χ1v) is 9.52. The first-order valence-electron chi connectivity index (χ1n) is 8.64. The van der Waals surface area contributed by atoms with Crippen molar-refractivity contribution in [2.24, 2.45) is 0 Å². The first-order chi connectivity index (χ1) is 13.5. The maximum atomic E-state index is 12.8. The highest BCUT2D eigenvalue weighted by Crippen LogP contribution is 2.27. The van der Waals surface area contributed by atoms with Crippen molar-refractivity contribution in [3.05, 3.63) is 76.6 Å². The second kappa shape index (κ2) is 7.28. The minimum atomic E-state index is -0.431. The number of hydrogen-bond acceptors (Lipinski definition) is 5. The number of nitrogens with zero attached hydrogens (tertiary/aromatic N) is 1. The molecule has 1 aromatic carbocycles. The average molecular weight is 391 g/mol. The summed E-state index contributed by atoms with van der Waals surface area (Å²) >= 11 is 1.55. The van der Waals surface area contributed by atoms with Crippen LogP contribution in [-0.2, 0) is 0 Å². The molecule has 0 fully saturated rings. The Morgan fingerprint density at radius 1 is 0.964 bits per heavy atom. The van der Waals surface area contributed by atoms with Gasteiger partial charge in [0.05, 0.1) is 27.2 Å². The Bertz CT molecular complexity index is 1180. The summed E-state index contributed by atoms with van der Waals surface area (Å²) in [6, 6.07) is 14.7. The molecule has 7 heteroatoms. The molecule has 0 saturated carbocycles. The lowest BCUT2D eigenvalue weighted by Crippen LogP contribution is -2.41. The van der Waals surface area contributed by atoms with Crippen LogP contribution in [0.15, 0.2) is 58.3 Å². The Hall–Kier alpha value is -3.45. The van der Waals surface area contributed by atoms with Crippen LogP contribution in [0.2, 0.25) is 0 Å². The van der Waals surface area contributed by atoms with Crippen molar-refractivity contribution in [1.82, 2.24) is 15.8 Å². The Morgan fingerprint density at radius 2 is 1.71 bits per heavy atom. The highest BCUT2D eigenvalue weighted by atomic mass is 32.1. The number of para-hydroxylation sites is 1. The highest BCUT2D eigenvalue weighted by molar-refractivity contribution is 7.13. The van der Waals surface area contributed by atoms with Gasteiger partial charge in [-0.25, -0.2) is 4.98 Å². The van der Waals surface area contributed by atoms with Crippen molar-refractivity contribution in [2.75, 3.05) is 0 Å². The van der Waals surface area contributed by atoms with Crippen molar-refractivity contribution >= 4 is 34.1 Å². The zero-order valence-electron chi connectivity index (χ0n) is 15.3. The van der Waals surface area contributed by atoms with Gasteiger partial charge in [-0.05, 0) is 43.5 Å². The van der Waals surface area contributed by atoms with E-state index in [1.54, 1.807) is 37.3 Å². The van der Waals surface area contributed by atoms with E-state index in [9.17, 15) is 9.59 Å². The fourth-order valence-electron chi connectivity index (χ4n) is 3.02. The average Bonchev–Trinajstić information content (AvgIpc) is 3.34. The summed E-state index contributed by atoms with van der Waals surface area (Å²) in [5, 5.41) is 2.67. The van der Waals surface area contributed by atoms with Crippen molar-refractivity contribution in [3.63, 3.8) is 0 Å². The number of benzene rings is 1. The van der Waals surface area contributed by atoms with Crippen molar-refractivity contribution < 1.29 is 14.0 Å². The quantitative estimate of drug-likeness (QED) is 0.512. The third kappa shape index (κ3) is 3.39. The molecule has 140 valence electrons. The van der Waals surface area contributed by atoms with Gasteiger partial charge < -0.3 is 4.42 Å². The van der Waals surface area contributed by atoms with Crippen LogP contribution >= 0.6 is 11.3 Å². The van der Waals surface area contributed by atoms with Crippen molar-refractivity contribution in [2.45, 2.75) is 13.8 Å². The predicted molar refractivity (Wildman–Crippen MR) is 108 cm³/mol. The molecule has 4 rings (SSSR count). The molecule has 0 bridgehead atoms. The van der Waals surface area contributed by atoms with Crippen molar-refractivity contribution in [3.8, 4) is 10.6 Å². The molecule has 6 nitrogen and oxygen atoms in total. The zero-order chi connectivity index (χ0) is 19.7. The van der Waals surface area contributed by atoms with Crippen LogP contribution in [0.3, 0.4) is 0 Å². The second-order valence-corrected chi connectivity index (χ2v) is 7.23. The van der Waals surface area contributed by atoms with Gasteiger partial charge in [-0.15, -0.1) is 11.3 Å². The van der Waals surface area contributed by atoms with Crippen molar-refractivity contribution in [1.29, 1.82) is 0 Å². The molecular weight excluding hydrogens is 374 g/mol. The topological polar surface area (TPSA) is 84.2 Å². The molecule has 2 N–H and O–H groups in total. The number of carbonyl (C=O) groups is 2. The molecule has 2 amide bonds. The van der Waals surface area contributed by atoms with Crippen LogP contribution in [0.25, 0.3) is 21.5 Å². The molecule has 0 atom stereocenters. The predicted octanol–water partition coefficient (Wildman–Crippen LogP) is 4.25. The lowest BCUT2D eigenvalue weighted by molar-refractivity contribution is 0.0846. The molecule has 4 aromatic rings. The molecule has 0 spiro atoms.